The highest BCUT2D eigenvalue weighted by molar-refractivity contribution is 8.93. The highest BCUT2D eigenvalue weighted by Crippen LogP contribution is 2.22. The van der Waals surface area contributed by atoms with Crippen LogP contribution >= 0.6 is 28.3 Å². The van der Waals surface area contributed by atoms with Crippen molar-refractivity contribution in [2.45, 2.75) is 19.1 Å². The third kappa shape index (κ3) is 5.13. The second-order valence-corrected chi connectivity index (χ2v) is 4.10. The van der Waals surface area contributed by atoms with Gasteiger partial charge in [-0.15, -0.1) is 28.3 Å². The lowest BCUT2D eigenvalue weighted by atomic mass is 10.4. The van der Waals surface area contributed by atoms with Crippen molar-refractivity contribution in [3.8, 4) is 0 Å². The number of ether oxygens (including phenoxy) is 1. The molecule has 94 valence electrons. The topological polar surface area (TPSA) is 38.0 Å². The number of nitrogens with zero attached hydrogens (tertiary/aromatic N) is 1. The highest BCUT2D eigenvalue weighted by atomic mass is 79.9. The fourth-order valence-corrected chi connectivity index (χ4v) is 2.00. The Hall–Kier alpha value is -0.340. The van der Waals surface area contributed by atoms with Gasteiger partial charge in [0.05, 0.1) is 13.0 Å². The molecule has 8 heteroatoms. The van der Waals surface area contributed by atoms with Crippen LogP contribution in [0.15, 0.2) is 6.20 Å². The van der Waals surface area contributed by atoms with Crippen molar-refractivity contribution in [1.82, 2.24) is 4.57 Å². The van der Waals surface area contributed by atoms with E-state index in [1.165, 1.54) is 17.9 Å². The van der Waals surface area contributed by atoms with Crippen molar-refractivity contribution in [2.75, 3.05) is 13.7 Å². The quantitative estimate of drug-likeness (QED) is 0.908. The molecule has 0 saturated carbocycles. The molecule has 0 aromatic carbocycles. The van der Waals surface area contributed by atoms with Gasteiger partial charge in [-0.05, 0) is 0 Å². The van der Waals surface area contributed by atoms with Crippen molar-refractivity contribution in [2.24, 2.45) is 0 Å². The zero-order chi connectivity index (χ0) is 11.5. The summed E-state index contributed by atoms with van der Waals surface area (Å²) < 4.78 is 42.4. The third-order valence-corrected chi connectivity index (χ3v) is 2.64. The standard InChI is InChI=1S/C8H11F3N2OS.BrH/c1-14-3-2-13-5-6(15-7(13)12)4-8(9,10)11;/h5,12H,2-4H2,1H3;1H. The molecule has 0 aliphatic heterocycles. The number of aromatic nitrogens is 1. The average Bonchev–Trinajstić information content (AvgIpc) is 2.39. The predicted molar refractivity (Wildman–Crippen MR) is 60.1 cm³/mol. The Morgan fingerprint density at radius 3 is 2.62 bits per heavy atom. The highest BCUT2D eigenvalue weighted by Gasteiger charge is 2.28. The molecule has 3 nitrogen and oxygen atoms in total. The molecule has 1 N–H and O–H groups in total. The number of alkyl halides is 3. The molecule has 0 saturated heterocycles. The molecule has 0 aliphatic carbocycles. The van der Waals surface area contributed by atoms with Crippen LogP contribution in [-0.2, 0) is 17.7 Å². The summed E-state index contributed by atoms with van der Waals surface area (Å²) in [7, 11) is 1.51. The van der Waals surface area contributed by atoms with Crippen molar-refractivity contribution in [3.63, 3.8) is 0 Å². The lowest BCUT2D eigenvalue weighted by Crippen LogP contribution is -2.15. The van der Waals surface area contributed by atoms with Crippen LogP contribution in [0, 0.1) is 5.41 Å². The van der Waals surface area contributed by atoms with E-state index in [2.05, 4.69) is 0 Å². The van der Waals surface area contributed by atoms with Crippen LogP contribution in [-0.4, -0.2) is 24.5 Å². The summed E-state index contributed by atoms with van der Waals surface area (Å²) in [6, 6.07) is 0. The van der Waals surface area contributed by atoms with E-state index in [0.717, 1.165) is 11.3 Å². The van der Waals surface area contributed by atoms with E-state index in [4.69, 9.17) is 10.1 Å². The Morgan fingerprint density at radius 2 is 2.12 bits per heavy atom. The number of halogens is 4. The van der Waals surface area contributed by atoms with Gasteiger partial charge in [-0.3, -0.25) is 5.41 Å². The number of nitrogens with one attached hydrogen (secondary N) is 1. The fourth-order valence-electron chi connectivity index (χ4n) is 1.08. The van der Waals surface area contributed by atoms with Gasteiger partial charge in [0.2, 0.25) is 0 Å². The van der Waals surface area contributed by atoms with Gasteiger partial charge in [-0.1, -0.05) is 0 Å². The molecule has 0 unspecified atom stereocenters. The second kappa shape index (κ2) is 6.41. The number of rotatable bonds is 4. The molecule has 0 amide bonds. The van der Waals surface area contributed by atoms with Crippen LogP contribution in [0.3, 0.4) is 0 Å². The fraction of sp³-hybridized carbons (Fsp3) is 0.625. The summed E-state index contributed by atoms with van der Waals surface area (Å²) in [5, 5.41) is 7.44. The summed E-state index contributed by atoms with van der Waals surface area (Å²) >= 11 is 0.846. The van der Waals surface area contributed by atoms with Crippen molar-refractivity contribution in [1.29, 1.82) is 5.41 Å². The minimum absolute atomic E-state index is 0. The van der Waals surface area contributed by atoms with Crippen LogP contribution in [0.25, 0.3) is 0 Å². The largest absolute Gasteiger partial charge is 0.393 e. The van der Waals surface area contributed by atoms with E-state index in [1.807, 2.05) is 0 Å². The van der Waals surface area contributed by atoms with Crippen LogP contribution < -0.4 is 4.80 Å². The van der Waals surface area contributed by atoms with E-state index in [-0.39, 0.29) is 26.7 Å². The van der Waals surface area contributed by atoms with E-state index >= 15 is 0 Å². The first kappa shape index (κ1) is 15.7. The van der Waals surface area contributed by atoms with E-state index in [9.17, 15) is 13.2 Å². The van der Waals surface area contributed by atoms with Crippen LogP contribution in [0.1, 0.15) is 4.88 Å². The lowest BCUT2D eigenvalue weighted by molar-refractivity contribution is -0.126. The van der Waals surface area contributed by atoms with Crippen LogP contribution in [0.5, 0.6) is 0 Å². The van der Waals surface area contributed by atoms with Gasteiger partial charge < -0.3 is 9.30 Å². The Morgan fingerprint density at radius 1 is 1.50 bits per heavy atom. The molecular weight excluding hydrogens is 309 g/mol. The summed E-state index contributed by atoms with van der Waals surface area (Å²) in [6.07, 6.45) is -3.82. The number of thiazole rings is 1. The van der Waals surface area contributed by atoms with Crippen molar-refractivity contribution >= 4 is 28.3 Å². The summed E-state index contributed by atoms with van der Waals surface area (Å²) in [5.41, 5.74) is 0. The van der Waals surface area contributed by atoms with Gasteiger partial charge in [0, 0.05) is 24.7 Å². The molecule has 1 rings (SSSR count). The van der Waals surface area contributed by atoms with E-state index in [0.29, 0.717) is 13.2 Å². The van der Waals surface area contributed by atoms with Crippen LogP contribution in [0.2, 0.25) is 0 Å². The van der Waals surface area contributed by atoms with Gasteiger partial charge in [0.15, 0.2) is 4.80 Å². The monoisotopic (exact) mass is 320 g/mol. The molecule has 0 fully saturated rings. The number of hydrogen-bond donors (Lipinski definition) is 1. The molecular formula is C8H12BrF3N2OS. The Labute approximate surface area is 105 Å². The summed E-state index contributed by atoms with van der Waals surface area (Å²) in [5.74, 6) is 0. The molecule has 0 aliphatic rings. The SMILES string of the molecule is Br.COCCn1cc(CC(F)(F)F)sc1=N. The van der Waals surface area contributed by atoms with Crippen LogP contribution in [0.4, 0.5) is 13.2 Å². The van der Waals surface area contributed by atoms with Gasteiger partial charge >= 0.3 is 6.18 Å². The maximum absolute atomic E-state index is 12.0. The minimum Gasteiger partial charge on any atom is -0.383 e. The molecule has 0 spiro atoms. The van der Waals surface area contributed by atoms with Gasteiger partial charge in [0.1, 0.15) is 0 Å². The smallest absolute Gasteiger partial charge is 0.383 e. The molecule has 0 radical (unpaired) electrons. The molecule has 16 heavy (non-hydrogen) atoms. The van der Waals surface area contributed by atoms with E-state index < -0.39 is 12.6 Å². The van der Waals surface area contributed by atoms with Gasteiger partial charge in [-0.2, -0.15) is 13.2 Å². The maximum Gasteiger partial charge on any atom is 0.393 e. The van der Waals surface area contributed by atoms with Gasteiger partial charge in [-0.25, -0.2) is 0 Å². The maximum atomic E-state index is 12.0. The lowest BCUT2D eigenvalue weighted by Gasteiger charge is -2.02. The number of hydrogen-bond acceptors (Lipinski definition) is 3. The summed E-state index contributed by atoms with van der Waals surface area (Å²) in [6.45, 7) is 0.794. The van der Waals surface area contributed by atoms with Crippen molar-refractivity contribution < 1.29 is 17.9 Å². The van der Waals surface area contributed by atoms with E-state index in [1.54, 1.807) is 0 Å². The molecule has 1 aromatic heterocycles. The van der Waals surface area contributed by atoms with Gasteiger partial charge in [0.25, 0.3) is 0 Å². The second-order valence-electron chi connectivity index (χ2n) is 2.98. The first-order valence-electron chi connectivity index (χ1n) is 4.22. The van der Waals surface area contributed by atoms with Crippen molar-refractivity contribution in [3.05, 3.63) is 15.9 Å². The first-order valence-corrected chi connectivity index (χ1v) is 5.03. The number of methoxy groups -OCH3 is 1. The average molecular weight is 321 g/mol. The Bertz CT molecular complexity index is 374. The predicted octanol–water partition coefficient (Wildman–Crippen LogP) is 2.36. The Kier molecular flexibility index (Phi) is 6.27. The first-order chi connectivity index (χ1) is 6.92. The molecule has 1 heterocycles. The normalized spacial score (nSPS) is 11.2. The molecule has 0 atom stereocenters. The molecule has 1 aromatic rings. The third-order valence-electron chi connectivity index (χ3n) is 1.70. The minimum atomic E-state index is -4.21. The summed E-state index contributed by atoms with van der Waals surface area (Å²) in [4.78, 5) is 0.273. The zero-order valence-corrected chi connectivity index (χ0v) is 11.0. The molecule has 0 bridgehead atoms. The Balaban J connectivity index is 0.00000225. The zero-order valence-electron chi connectivity index (χ0n) is 8.50.